The zero-order valence-electron chi connectivity index (χ0n) is 16.3. The lowest BCUT2D eigenvalue weighted by Crippen LogP contribution is -2.45. The predicted molar refractivity (Wildman–Crippen MR) is 108 cm³/mol. The van der Waals surface area contributed by atoms with Crippen molar-refractivity contribution in [3.05, 3.63) is 28.8 Å². The number of nitrogens with one attached hydrogen (secondary N) is 1. The number of hydrogen-bond donors (Lipinski definition) is 1. The van der Waals surface area contributed by atoms with Crippen LogP contribution in [0, 0.1) is 0 Å². The lowest BCUT2D eigenvalue weighted by molar-refractivity contribution is -0.117. The molecule has 1 fully saturated rings. The molecular formula is C20H29ClN2O4. The number of hydrogen-bond acceptors (Lipinski definition) is 5. The van der Waals surface area contributed by atoms with E-state index in [0.29, 0.717) is 23.1 Å². The summed E-state index contributed by atoms with van der Waals surface area (Å²) in [6.07, 6.45) is 4.10. The number of carbonyl (C=O) groups excluding carboxylic acids is 1. The summed E-state index contributed by atoms with van der Waals surface area (Å²) in [5.41, 5.74) is 0.775. The molecule has 1 aromatic carbocycles. The maximum Gasteiger partial charge on any atom is 0.244 e. The summed E-state index contributed by atoms with van der Waals surface area (Å²) in [5, 5.41) is 3.44. The number of benzene rings is 1. The van der Waals surface area contributed by atoms with E-state index in [1.54, 1.807) is 25.3 Å². The molecule has 1 aliphatic heterocycles. The lowest BCUT2D eigenvalue weighted by Gasteiger charge is -2.29. The van der Waals surface area contributed by atoms with Gasteiger partial charge in [-0.25, -0.2) is 0 Å². The number of amides is 1. The van der Waals surface area contributed by atoms with Gasteiger partial charge in [-0.2, -0.15) is 0 Å². The number of halogens is 1. The fourth-order valence-corrected chi connectivity index (χ4v) is 3.13. The Morgan fingerprint density at radius 2 is 2.15 bits per heavy atom. The highest BCUT2D eigenvalue weighted by Gasteiger charge is 2.15. The largest absolute Gasteiger partial charge is 0.493 e. The molecule has 0 saturated carbocycles. The van der Waals surface area contributed by atoms with Crippen LogP contribution in [-0.2, 0) is 9.53 Å². The van der Waals surface area contributed by atoms with E-state index in [1.807, 2.05) is 13.8 Å². The average molecular weight is 397 g/mol. The molecule has 1 atom stereocenters. The van der Waals surface area contributed by atoms with Crippen LogP contribution in [-0.4, -0.2) is 63.4 Å². The molecule has 0 aliphatic carbocycles. The van der Waals surface area contributed by atoms with Gasteiger partial charge in [0, 0.05) is 31.8 Å². The standard InChI is InChI=1S/C20H29ClN2O4/c1-4-9-27-20-17(21)12-16(13-18(20)25-3)5-6-19(24)22-15(2)14-23-7-10-26-11-8-23/h5-6,12-13,15H,4,7-11,14H2,1-3H3,(H,22,24)/b6-5+. The fraction of sp³-hybridized carbons (Fsp3) is 0.550. The summed E-state index contributed by atoms with van der Waals surface area (Å²) in [7, 11) is 1.57. The molecular weight excluding hydrogens is 368 g/mol. The van der Waals surface area contributed by atoms with E-state index < -0.39 is 0 Å². The Labute approximate surface area is 166 Å². The van der Waals surface area contributed by atoms with Crippen LogP contribution in [0.5, 0.6) is 11.5 Å². The van der Waals surface area contributed by atoms with Crippen LogP contribution < -0.4 is 14.8 Å². The van der Waals surface area contributed by atoms with Crippen LogP contribution in [0.25, 0.3) is 6.08 Å². The van der Waals surface area contributed by atoms with Gasteiger partial charge >= 0.3 is 0 Å². The highest BCUT2D eigenvalue weighted by atomic mass is 35.5. The van der Waals surface area contributed by atoms with Crippen molar-refractivity contribution >= 4 is 23.6 Å². The van der Waals surface area contributed by atoms with Crippen molar-refractivity contribution in [3.8, 4) is 11.5 Å². The monoisotopic (exact) mass is 396 g/mol. The van der Waals surface area contributed by atoms with Gasteiger partial charge < -0.3 is 19.5 Å². The van der Waals surface area contributed by atoms with Gasteiger partial charge in [0.05, 0.1) is 32.0 Å². The molecule has 1 amide bonds. The molecule has 0 aromatic heterocycles. The number of rotatable bonds is 9. The number of ether oxygens (including phenoxy) is 3. The second kappa shape index (κ2) is 11.2. The van der Waals surface area contributed by atoms with Crippen LogP contribution in [0.15, 0.2) is 18.2 Å². The van der Waals surface area contributed by atoms with Crippen LogP contribution in [0.4, 0.5) is 0 Å². The molecule has 2 rings (SSSR count). The molecule has 1 unspecified atom stereocenters. The van der Waals surface area contributed by atoms with Crippen molar-refractivity contribution in [2.45, 2.75) is 26.3 Å². The molecule has 0 radical (unpaired) electrons. The summed E-state index contributed by atoms with van der Waals surface area (Å²) in [4.78, 5) is 14.5. The van der Waals surface area contributed by atoms with Crippen LogP contribution >= 0.6 is 11.6 Å². The quantitative estimate of drug-likeness (QED) is 0.650. The third-order valence-corrected chi connectivity index (χ3v) is 4.43. The van der Waals surface area contributed by atoms with Crippen LogP contribution in [0.3, 0.4) is 0 Å². The first-order valence-corrected chi connectivity index (χ1v) is 9.70. The van der Waals surface area contributed by atoms with E-state index in [0.717, 1.165) is 44.8 Å². The number of nitrogens with zero attached hydrogens (tertiary/aromatic N) is 1. The van der Waals surface area contributed by atoms with E-state index in [2.05, 4.69) is 10.2 Å². The summed E-state index contributed by atoms with van der Waals surface area (Å²) in [5.74, 6) is 0.940. The molecule has 1 heterocycles. The van der Waals surface area contributed by atoms with Gasteiger partial charge in [0.1, 0.15) is 0 Å². The molecule has 1 N–H and O–H groups in total. The van der Waals surface area contributed by atoms with E-state index in [1.165, 1.54) is 6.08 Å². The first kappa shape index (κ1) is 21.5. The molecule has 0 spiro atoms. The SMILES string of the molecule is CCCOc1c(Cl)cc(/C=C/C(=O)NC(C)CN2CCOCC2)cc1OC. The Morgan fingerprint density at radius 1 is 1.41 bits per heavy atom. The second-order valence-electron chi connectivity index (χ2n) is 6.54. The van der Waals surface area contributed by atoms with Crippen LogP contribution in [0.1, 0.15) is 25.8 Å². The normalized spacial score (nSPS) is 16.3. The van der Waals surface area contributed by atoms with Gasteiger partial charge in [0.25, 0.3) is 0 Å². The van der Waals surface area contributed by atoms with Gasteiger partial charge in [-0.05, 0) is 37.1 Å². The minimum Gasteiger partial charge on any atom is -0.493 e. The summed E-state index contributed by atoms with van der Waals surface area (Å²) in [6.45, 7) is 8.71. The van der Waals surface area contributed by atoms with E-state index >= 15 is 0 Å². The Bertz CT molecular complexity index is 645. The van der Waals surface area contributed by atoms with Gasteiger partial charge in [0.2, 0.25) is 5.91 Å². The number of morpholine rings is 1. The fourth-order valence-electron chi connectivity index (χ4n) is 2.86. The Morgan fingerprint density at radius 3 is 2.81 bits per heavy atom. The Hall–Kier alpha value is -1.76. The Balaban J connectivity index is 1.93. The van der Waals surface area contributed by atoms with Crippen molar-refractivity contribution in [2.75, 3.05) is 46.6 Å². The lowest BCUT2D eigenvalue weighted by atomic mass is 10.1. The van der Waals surface area contributed by atoms with Crippen molar-refractivity contribution in [1.29, 1.82) is 0 Å². The molecule has 0 bridgehead atoms. The maximum atomic E-state index is 12.2. The van der Waals surface area contributed by atoms with E-state index in [9.17, 15) is 4.79 Å². The second-order valence-corrected chi connectivity index (χ2v) is 6.95. The Kier molecular flexibility index (Phi) is 8.91. The minimum absolute atomic E-state index is 0.0585. The van der Waals surface area contributed by atoms with Crippen molar-refractivity contribution in [1.82, 2.24) is 10.2 Å². The highest BCUT2D eigenvalue weighted by molar-refractivity contribution is 6.32. The highest BCUT2D eigenvalue weighted by Crippen LogP contribution is 2.36. The molecule has 7 heteroatoms. The predicted octanol–water partition coefficient (Wildman–Crippen LogP) is 2.99. The molecule has 27 heavy (non-hydrogen) atoms. The van der Waals surface area contributed by atoms with Gasteiger partial charge in [0.15, 0.2) is 11.5 Å². The molecule has 1 aliphatic rings. The van der Waals surface area contributed by atoms with Crippen molar-refractivity contribution in [3.63, 3.8) is 0 Å². The minimum atomic E-state index is -0.142. The maximum absolute atomic E-state index is 12.2. The molecule has 1 aromatic rings. The third-order valence-electron chi connectivity index (χ3n) is 4.15. The summed E-state index contributed by atoms with van der Waals surface area (Å²) in [6, 6.07) is 3.62. The first-order valence-electron chi connectivity index (χ1n) is 9.32. The molecule has 1 saturated heterocycles. The van der Waals surface area contributed by atoms with Gasteiger partial charge in [-0.15, -0.1) is 0 Å². The smallest absolute Gasteiger partial charge is 0.244 e. The zero-order valence-corrected chi connectivity index (χ0v) is 17.1. The van der Waals surface area contributed by atoms with E-state index in [-0.39, 0.29) is 11.9 Å². The van der Waals surface area contributed by atoms with Gasteiger partial charge in [-0.3, -0.25) is 9.69 Å². The molecule has 150 valence electrons. The van der Waals surface area contributed by atoms with Crippen molar-refractivity contribution in [2.24, 2.45) is 0 Å². The zero-order chi connectivity index (χ0) is 19.6. The number of carbonyl (C=O) groups is 1. The topological polar surface area (TPSA) is 60.0 Å². The van der Waals surface area contributed by atoms with Crippen LogP contribution in [0.2, 0.25) is 5.02 Å². The average Bonchev–Trinajstić information content (AvgIpc) is 2.65. The third kappa shape index (κ3) is 7.05. The number of methoxy groups -OCH3 is 1. The van der Waals surface area contributed by atoms with E-state index in [4.69, 9.17) is 25.8 Å². The summed E-state index contributed by atoms with van der Waals surface area (Å²) >= 11 is 6.30. The first-order chi connectivity index (χ1) is 13.0. The summed E-state index contributed by atoms with van der Waals surface area (Å²) < 4.78 is 16.3. The molecule has 6 nitrogen and oxygen atoms in total. The van der Waals surface area contributed by atoms with Gasteiger partial charge in [-0.1, -0.05) is 18.5 Å². The van der Waals surface area contributed by atoms with Crippen molar-refractivity contribution < 1.29 is 19.0 Å².